The molecule has 0 atom stereocenters. The number of aromatic nitrogens is 2. The molecular weight excluding hydrogens is 194 g/mol. The minimum Gasteiger partial charge on any atom is -0.368 e. The van der Waals surface area contributed by atoms with E-state index in [1.165, 1.54) is 0 Å². The van der Waals surface area contributed by atoms with Crippen LogP contribution in [0.25, 0.3) is 0 Å². The number of hydrogen-bond acceptors (Lipinski definition) is 6. The van der Waals surface area contributed by atoms with Gasteiger partial charge in [0, 0.05) is 28.2 Å². The van der Waals surface area contributed by atoms with E-state index in [-0.39, 0.29) is 5.95 Å². The summed E-state index contributed by atoms with van der Waals surface area (Å²) in [4.78, 5) is 22.5. The predicted molar refractivity (Wildman–Crippen MR) is 60.5 cm³/mol. The van der Waals surface area contributed by atoms with Crippen molar-refractivity contribution >= 4 is 23.9 Å². The van der Waals surface area contributed by atoms with Crippen LogP contribution in [0.1, 0.15) is 10.4 Å². The number of rotatable bonds is 3. The van der Waals surface area contributed by atoms with E-state index in [1.807, 2.05) is 0 Å². The van der Waals surface area contributed by atoms with E-state index in [9.17, 15) is 4.79 Å². The van der Waals surface area contributed by atoms with Crippen molar-refractivity contribution in [1.29, 1.82) is 0 Å². The van der Waals surface area contributed by atoms with Gasteiger partial charge in [0.15, 0.2) is 6.29 Å². The molecule has 0 amide bonds. The average Bonchev–Trinajstić information content (AvgIpc) is 2.16. The van der Waals surface area contributed by atoms with E-state index < -0.39 is 0 Å². The van der Waals surface area contributed by atoms with Crippen LogP contribution in [0.4, 0.5) is 17.6 Å². The van der Waals surface area contributed by atoms with Gasteiger partial charge in [0.1, 0.15) is 11.6 Å². The van der Waals surface area contributed by atoms with Crippen molar-refractivity contribution in [3.05, 3.63) is 5.56 Å². The Bertz CT molecular complexity index is 346. The summed E-state index contributed by atoms with van der Waals surface area (Å²) in [5, 5.41) is 0. The molecule has 0 spiro atoms. The Morgan fingerprint density at radius 1 is 1.07 bits per heavy atom. The van der Waals surface area contributed by atoms with Gasteiger partial charge in [-0.15, -0.1) is 0 Å². The molecule has 1 aromatic rings. The lowest BCUT2D eigenvalue weighted by Gasteiger charge is -2.19. The van der Waals surface area contributed by atoms with Crippen LogP contribution in [0.3, 0.4) is 0 Å². The molecule has 0 bridgehead atoms. The molecule has 15 heavy (non-hydrogen) atoms. The van der Waals surface area contributed by atoms with E-state index in [0.29, 0.717) is 17.2 Å². The first-order chi connectivity index (χ1) is 6.97. The standard InChI is InChI=1S/C9H15N5O/c1-13(2)7-6(5-15)8(14(3)4)12-9(10)11-7/h5H,1-4H3,(H2,10,11,12). The molecule has 82 valence electrons. The molecule has 6 heteroatoms. The molecule has 2 N–H and O–H groups in total. The van der Waals surface area contributed by atoms with Crippen molar-refractivity contribution in [1.82, 2.24) is 9.97 Å². The molecule has 0 aromatic carbocycles. The third kappa shape index (κ3) is 2.15. The van der Waals surface area contributed by atoms with Gasteiger partial charge in [-0.2, -0.15) is 9.97 Å². The number of anilines is 3. The van der Waals surface area contributed by atoms with Crippen LogP contribution >= 0.6 is 0 Å². The molecule has 1 rings (SSSR count). The van der Waals surface area contributed by atoms with Gasteiger partial charge in [0.05, 0.1) is 5.56 Å². The van der Waals surface area contributed by atoms with Crippen LogP contribution in [0.5, 0.6) is 0 Å². The number of nitrogen functional groups attached to an aromatic ring is 1. The van der Waals surface area contributed by atoms with Crippen LogP contribution in [-0.4, -0.2) is 44.4 Å². The minimum atomic E-state index is 0.160. The second kappa shape index (κ2) is 4.12. The molecule has 1 aromatic heterocycles. The zero-order chi connectivity index (χ0) is 11.6. The third-order valence-corrected chi connectivity index (χ3v) is 1.89. The normalized spacial score (nSPS) is 9.87. The third-order valence-electron chi connectivity index (χ3n) is 1.89. The SMILES string of the molecule is CN(C)c1nc(N)nc(N(C)C)c1C=O. The molecule has 0 fully saturated rings. The molecule has 1 heterocycles. The molecule has 0 saturated carbocycles. The summed E-state index contributed by atoms with van der Waals surface area (Å²) in [6.07, 6.45) is 0.740. The van der Waals surface area contributed by atoms with E-state index in [1.54, 1.807) is 38.0 Å². The molecule has 6 nitrogen and oxygen atoms in total. The van der Waals surface area contributed by atoms with Gasteiger partial charge >= 0.3 is 0 Å². The number of carbonyl (C=O) groups excluding carboxylic acids is 1. The number of carbonyl (C=O) groups is 1. The van der Waals surface area contributed by atoms with Gasteiger partial charge in [0.25, 0.3) is 0 Å². The van der Waals surface area contributed by atoms with Crippen LogP contribution in [0.2, 0.25) is 0 Å². The van der Waals surface area contributed by atoms with Crippen LogP contribution in [0.15, 0.2) is 0 Å². The molecule has 0 radical (unpaired) electrons. The smallest absolute Gasteiger partial charge is 0.223 e. The van der Waals surface area contributed by atoms with Gasteiger partial charge in [0.2, 0.25) is 5.95 Å². The highest BCUT2D eigenvalue weighted by molar-refractivity contribution is 5.90. The molecule has 0 aliphatic carbocycles. The maximum atomic E-state index is 11.0. The summed E-state index contributed by atoms with van der Waals surface area (Å²) < 4.78 is 0. The number of aldehydes is 1. The Morgan fingerprint density at radius 3 is 1.73 bits per heavy atom. The van der Waals surface area contributed by atoms with Crippen molar-refractivity contribution in [2.45, 2.75) is 0 Å². The van der Waals surface area contributed by atoms with Gasteiger partial charge in [-0.25, -0.2) is 0 Å². The van der Waals surface area contributed by atoms with Crippen molar-refractivity contribution in [2.75, 3.05) is 43.7 Å². The largest absolute Gasteiger partial charge is 0.368 e. The molecule has 0 aliphatic heterocycles. The molecule has 0 unspecified atom stereocenters. The van der Waals surface area contributed by atoms with Crippen molar-refractivity contribution in [3.8, 4) is 0 Å². The second-order valence-electron chi connectivity index (χ2n) is 3.55. The van der Waals surface area contributed by atoms with Gasteiger partial charge in [-0.3, -0.25) is 4.79 Å². The van der Waals surface area contributed by atoms with E-state index in [0.717, 1.165) is 6.29 Å². The second-order valence-corrected chi connectivity index (χ2v) is 3.55. The Hall–Kier alpha value is -1.85. The zero-order valence-electron chi connectivity index (χ0n) is 9.35. The first kappa shape index (κ1) is 11.2. The fourth-order valence-electron chi connectivity index (χ4n) is 1.25. The molecule has 0 aliphatic rings. The fraction of sp³-hybridized carbons (Fsp3) is 0.444. The quantitative estimate of drug-likeness (QED) is 0.706. The summed E-state index contributed by atoms with van der Waals surface area (Å²) in [7, 11) is 7.20. The summed E-state index contributed by atoms with van der Waals surface area (Å²) in [6, 6.07) is 0. The average molecular weight is 209 g/mol. The number of hydrogen-bond donors (Lipinski definition) is 1. The Balaban J connectivity index is 3.45. The van der Waals surface area contributed by atoms with Crippen LogP contribution in [0, 0.1) is 0 Å². The van der Waals surface area contributed by atoms with Gasteiger partial charge in [-0.1, -0.05) is 0 Å². The van der Waals surface area contributed by atoms with Crippen LogP contribution < -0.4 is 15.5 Å². The van der Waals surface area contributed by atoms with Crippen molar-refractivity contribution in [3.63, 3.8) is 0 Å². The lowest BCUT2D eigenvalue weighted by Crippen LogP contribution is -2.20. The Kier molecular flexibility index (Phi) is 3.08. The summed E-state index contributed by atoms with van der Waals surface area (Å²) >= 11 is 0. The predicted octanol–water partition coefficient (Wildman–Crippen LogP) is 0.00330. The lowest BCUT2D eigenvalue weighted by atomic mass is 10.3. The Morgan fingerprint density at radius 2 is 1.47 bits per heavy atom. The first-order valence-corrected chi connectivity index (χ1v) is 4.44. The fourth-order valence-corrected chi connectivity index (χ4v) is 1.25. The molecule has 0 saturated heterocycles. The summed E-state index contributed by atoms with van der Waals surface area (Å²) in [5.41, 5.74) is 6.01. The topological polar surface area (TPSA) is 75.4 Å². The minimum absolute atomic E-state index is 0.160. The van der Waals surface area contributed by atoms with Gasteiger partial charge in [-0.05, 0) is 0 Å². The maximum absolute atomic E-state index is 11.0. The number of nitrogens with zero attached hydrogens (tertiary/aromatic N) is 4. The van der Waals surface area contributed by atoms with Crippen molar-refractivity contribution in [2.24, 2.45) is 0 Å². The summed E-state index contributed by atoms with van der Waals surface area (Å²) in [5.74, 6) is 1.22. The highest BCUT2D eigenvalue weighted by Gasteiger charge is 2.15. The Labute approximate surface area is 88.7 Å². The highest BCUT2D eigenvalue weighted by Crippen LogP contribution is 2.23. The lowest BCUT2D eigenvalue weighted by molar-refractivity contribution is 0.112. The highest BCUT2D eigenvalue weighted by atomic mass is 16.1. The van der Waals surface area contributed by atoms with Crippen molar-refractivity contribution < 1.29 is 4.79 Å². The van der Waals surface area contributed by atoms with Gasteiger partial charge < -0.3 is 15.5 Å². The number of nitrogens with two attached hydrogens (primary N) is 1. The zero-order valence-corrected chi connectivity index (χ0v) is 9.35. The first-order valence-electron chi connectivity index (χ1n) is 4.44. The monoisotopic (exact) mass is 209 g/mol. The molecular formula is C9H15N5O. The van der Waals surface area contributed by atoms with E-state index in [4.69, 9.17) is 5.73 Å². The summed E-state index contributed by atoms with van der Waals surface area (Å²) in [6.45, 7) is 0. The van der Waals surface area contributed by atoms with Crippen LogP contribution in [-0.2, 0) is 0 Å². The van der Waals surface area contributed by atoms with E-state index >= 15 is 0 Å². The van der Waals surface area contributed by atoms with E-state index in [2.05, 4.69) is 9.97 Å². The maximum Gasteiger partial charge on any atom is 0.223 e.